The highest BCUT2D eigenvalue weighted by atomic mass is 32.2. The van der Waals surface area contributed by atoms with Crippen LogP contribution >= 0.6 is 0 Å². The third-order valence-corrected chi connectivity index (χ3v) is 6.24. The molecule has 0 bridgehead atoms. The number of piperazine rings is 1. The molecule has 1 N–H and O–H groups in total. The number of carbonyl (C=O) groups is 2. The van der Waals surface area contributed by atoms with Crippen LogP contribution in [0.3, 0.4) is 0 Å². The van der Waals surface area contributed by atoms with Gasteiger partial charge in [0.05, 0.1) is 4.90 Å². The van der Waals surface area contributed by atoms with E-state index in [0.29, 0.717) is 26.2 Å². The standard InChI is InChI=1S/C20H24N4O5S/c1-16(22-30(27,28)17-7-3-2-4-8-17)20(26)29-15-19(25)24-13-11-23(12-14-24)18-9-5-6-10-21-18/h2-10,16,22H,11-15H2,1H3/t16-/m0/s1. The fourth-order valence-electron chi connectivity index (χ4n) is 3.02. The molecular formula is C20H24N4O5S. The highest BCUT2D eigenvalue weighted by molar-refractivity contribution is 7.89. The van der Waals surface area contributed by atoms with Crippen molar-refractivity contribution >= 4 is 27.7 Å². The highest BCUT2D eigenvalue weighted by Crippen LogP contribution is 2.13. The van der Waals surface area contributed by atoms with Crippen LogP contribution in [0, 0.1) is 0 Å². The molecule has 2 heterocycles. The molecule has 30 heavy (non-hydrogen) atoms. The first-order valence-electron chi connectivity index (χ1n) is 9.54. The molecule has 1 atom stereocenters. The molecule has 160 valence electrons. The van der Waals surface area contributed by atoms with Gasteiger partial charge in [0, 0.05) is 32.4 Å². The van der Waals surface area contributed by atoms with Gasteiger partial charge >= 0.3 is 5.97 Å². The van der Waals surface area contributed by atoms with Crippen molar-refractivity contribution < 1.29 is 22.7 Å². The SMILES string of the molecule is C[C@H](NS(=O)(=O)c1ccccc1)C(=O)OCC(=O)N1CCN(c2ccccn2)CC1. The lowest BCUT2D eigenvalue weighted by Gasteiger charge is -2.35. The van der Waals surface area contributed by atoms with Gasteiger partial charge in [-0.1, -0.05) is 24.3 Å². The van der Waals surface area contributed by atoms with Crippen molar-refractivity contribution in [2.45, 2.75) is 17.9 Å². The average Bonchev–Trinajstić information content (AvgIpc) is 2.78. The predicted octanol–water partition coefficient (Wildman–Crippen LogP) is 0.640. The van der Waals surface area contributed by atoms with Gasteiger partial charge in [-0.2, -0.15) is 4.72 Å². The van der Waals surface area contributed by atoms with E-state index in [1.54, 1.807) is 29.3 Å². The zero-order valence-corrected chi connectivity index (χ0v) is 17.4. The minimum Gasteiger partial charge on any atom is -0.454 e. The lowest BCUT2D eigenvalue weighted by molar-refractivity contribution is -0.153. The van der Waals surface area contributed by atoms with Crippen molar-refractivity contribution in [2.75, 3.05) is 37.7 Å². The summed E-state index contributed by atoms with van der Waals surface area (Å²) in [5, 5.41) is 0. The molecule has 1 aliphatic heterocycles. The minimum absolute atomic E-state index is 0.0477. The van der Waals surface area contributed by atoms with Crippen molar-refractivity contribution in [3.63, 3.8) is 0 Å². The van der Waals surface area contributed by atoms with Crippen LogP contribution in [0.1, 0.15) is 6.92 Å². The van der Waals surface area contributed by atoms with Gasteiger partial charge in [-0.3, -0.25) is 9.59 Å². The number of nitrogens with one attached hydrogen (secondary N) is 1. The molecule has 9 nitrogen and oxygen atoms in total. The zero-order valence-electron chi connectivity index (χ0n) is 16.6. The molecule has 0 saturated carbocycles. The Morgan fingerprint density at radius 1 is 1.07 bits per heavy atom. The summed E-state index contributed by atoms with van der Waals surface area (Å²) in [5.74, 6) is -0.271. The summed E-state index contributed by atoms with van der Waals surface area (Å²) in [5.41, 5.74) is 0. The predicted molar refractivity (Wildman–Crippen MR) is 110 cm³/mol. The van der Waals surface area contributed by atoms with E-state index in [1.807, 2.05) is 18.2 Å². The second kappa shape index (κ2) is 9.68. The van der Waals surface area contributed by atoms with E-state index in [0.717, 1.165) is 5.82 Å². The molecule has 1 fully saturated rings. The molecule has 0 unspecified atom stereocenters. The quantitative estimate of drug-likeness (QED) is 0.640. The molecule has 10 heteroatoms. The number of nitrogens with zero attached hydrogens (tertiary/aromatic N) is 3. The van der Waals surface area contributed by atoms with Crippen LogP contribution < -0.4 is 9.62 Å². The summed E-state index contributed by atoms with van der Waals surface area (Å²) in [6.07, 6.45) is 1.72. The minimum atomic E-state index is -3.85. The Kier molecular flexibility index (Phi) is 7.01. The maximum absolute atomic E-state index is 12.4. The van der Waals surface area contributed by atoms with Gasteiger partial charge in [0.25, 0.3) is 5.91 Å². The van der Waals surface area contributed by atoms with E-state index in [9.17, 15) is 18.0 Å². The van der Waals surface area contributed by atoms with Crippen LogP contribution in [0.5, 0.6) is 0 Å². The van der Waals surface area contributed by atoms with E-state index in [-0.39, 0.29) is 10.8 Å². The monoisotopic (exact) mass is 432 g/mol. The fourth-order valence-corrected chi connectivity index (χ4v) is 4.24. The lowest BCUT2D eigenvalue weighted by Crippen LogP contribution is -2.50. The molecule has 1 aromatic heterocycles. The number of hydrogen-bond acceptors (Lipinski definition) is 7. The van der Waals surface area contributed by atoms with Crippen molar-refractivity contribution in [1.82, 2.24) is 14.6 Å². The highest BCUT2D eigenvalue weighted by Gasteiger charge is 2.26. The van der Waals surface area contributed by atoms with E-state index >= 15 is 0 Å². The largest absolute Gasteiger partial charge is 0.454 e. The number of hydrogen-bond donors (Lipinski definition) is 1. The van der Waals surface area contributed by atoms with Gasteiger partial charge in [-0.05, 0) is 31.2 Å². The molecule has 1 saturated heterocycles. The number of amides is 1. The van der Waals surface area contributed by atoms with Crippen molar-refractivity contribution in [1.29, 1.82) is 0 Å². The lowest BCUT2D eigenvalue weighted by atomic mass is 10.3. The maximum Gasteiger partial charge on any atom is 0.324 e. The fraction of sp³-hybridized carbons (Fsp3) is 0.350. The van der Waals surface area contributed by atoms with Gasteiger partial charge in [0.1, 0.15) is 11.9 Å². The maximum atomic E-state index is 12.4. The first kappa shape index (κ1) is 21.7. The Labute approximate surface area is 175 Å². The summed E-state index contributed by atoms with van der Waals surface area (Å²) in [4.78, 5) is 32.5. The Morgan fingerprint density at radius 3 is 2.37 bits per heavy atom. The molecular weight excluding hydrogens is 408 g/mol. The van der Waals surface area contributed by atoms with Gasteiger partial charge in [0.2, 0.25) is 10.0 Å². The normalized spacial score (nSPS) is 15.5. The van der Waals surface area contributed by atoms with E-state index in [4.69, 9.17) is 4.74 Å². The first-order chi connectivity index (χ1) is 14.4. The Balaban J connectivity index is 1.45. The number of ether oxygens (including phenoxy) is 1. The van der Waals surface area contributed by atoms with E-state index in [1.165, 1.54) is 19.1 Å². The molecule has 1 amide bonds. The van der Waals surface area contributed by atoms with Crippen LogP contribution in [0.2, 0.25) is 0 Å². The number of benzene rings is 1. The van der Waals surface area contributed by atoms with Crippen LogP contribution in [-0.2, 0) is 24.3 Å². The average molecular weight is 433 g/mol. The van der Waals surface area contributed by atoms with Crippen LogP contribution in [0.15, 0.2) is 59.6 Å². The summed E-state index contributed by atoms with van der Waals surface area (Å²) >= 11 is 0. The van der Waals surface area contributed by atoms with Gasteiger partial charge in [-0.25, -0.2) is 13.4 Å². The molecule has 3 rings (SSSR count). The zero-order chi connectivity index (χ0) is 21.6. The number of pyridine rings is 1. The van der Waals surface area contributed by atoms with Gasteiger partial charge in [-0.15, -0.1) is 0 Å². The molecule has 1 aromatic carbocycles. The number of sulfonamides is 1. The Morgan fingerprint density at radius 2 is 1.73 bits per heavy atom. The number of rotatable bonds is 7. The van der Waals surface area contributed by atoms with Gasteiger partial charge < -0.3 is 14.5 Å². The Bertz CT molecular complexity index is 961. The summed E-state index contributed by atoms with van der Waals surface area (Å²) < 4.78 is 31.8. The Hall–Kier alpha value is -2.98. The summed E-state index contributed by atoms with van der Waals surface area (Å²) in [6, 6.07) is 12.3. The van der Waals surface area contributed by atoms with E-state index in [2.05, 4.69) is 14.6 Å². The molecule has 0 aliphatic carbocycles. The third kappa shape index (κ3) is 5.55. The molecule has 0 radical (unpaired) electrons. The topological polar surface area (TPSA) is 109 Å². The van der Waals surface area contributed by atoms with Gasteiger partial charge in [0.15, 0.2) is 6.61 Å². The molecule has 1 aliphatic rings. The summed E-state index contributed by atoms with van der Waals surface area (Å²) in [6.45, 7) is 3.18. The number of anilines is 1. The molecule has 2 aromatic rings. The van der Waals surface area contributed by atoms with Crippen LogP contribution in [0.4, 0.5) is 5.82 Å². The number of esters is 1. The first-order valence-corrected chi connectivity index (χ1v) is 11.0. The summed E-state index contributed by atoms with van der Waals surface area (Å²) in [7, 11) is -3.85. The smallest absolute Gasteiger partial charge is 0.324 e. The molecule has 0 spiro atoms. The van der Waals surface area contributed by atoms with Crippen LogP contribution in [0.25, 0.3) is 0 Å². The number of aromatic nitrogens is 1. The van der Waals surface area contributed by atoms with Crippen LogP contribution in [-0.4, -0.2) is 69.0 Å². The second-order valence-corrected chi connectivity index (χ2v) is 8.53. The number of carbonyl (C=O) groups excluding carboxylic acids is 2. The third-order valence-electron chi connectivity index (χ3n) is 4.68. The van der Waals surface area contributed by atoms with Crippen molar-refractivity contribution in [3.05, 3.63) is 54.7 Å². The van der Waals surface area contributed by atoms with Crippen molar-refractivity contribution in [2.24, 2.45) is 0 Å². The van der Waals surface area contributed by atoms with Crippen molar-refractivity contribution in [3.8, 4) is 0 Å². The van der Waals surface area contributed by atoms with E-state index < -0.39 is 28.6 Å². The second-order valence-electron chi connectivity index (χ2n) is 6.82.